The van der Waals surface area contributed by atoms with Crippen molar-refractivity contribution in [1.82, 2.24) is 31.3 Å². The number of amides is 2. The van der Waals surface area contributed by atoms with Crippen molar-refractivity contribution < 1.29 is 19.8 Å². The van der Waals surface area contributed by atoms with Crippen LogP contribution >= 0.6 is 0 Å². The molecule has 0 saturated heterocycles. The van der Waals surface area contributed by atoms with Crippen LogP contribution in [0.3, 0.4) is 0 Å². The number of hydrogen-bond acceptors (Lipinski definition) is 8. The summed E-state index contributed by atoms with van der Waals surface area (Å²) in [6.45, 7) is 3.83. The van der Waals surface area contributed by atoms with E-state index in [-0.39, 0.29) is 31.4 Å². The highest BCUT2D eigenvalue weighted by Crippen LogP contribution is 2.32. The van der Waals surface area contributed by atoms with Gasteiger partial charge in [-0.1, -0.05) is 66.7 Å². The normalized spacial score (nSPS) is 16.0. The van der Waals surface area contributed by atoms with Gasteiger partial charge in [-0.05, 0) is 60.2 Å². The van der Waals surface area contributed by atoms with E-state index in [9.17, 15) is 14.7 Å². The highest BCUT2D eigenvalue weighted by atomic mass is 16.3. The Balaban J connectivity index is 1.33. The number of aryl methyl sites for hydroxylation is 1. The van der Waals surface area contributed by atoms with Crippen LogP contribution in [0.1, 0.15) is 37.8 Å². The number of fused-ring (bicyclic) bond motifs is 1. The van der Waals surface area contributed by atoms with Crippen molar-refractivity contribution in [3.63, 3.8) is 0 Å². The molecule has 4 aromatic rings. The maximum atomic E-state index is 13.9. The minimum atomic E-state index is -0.910. The van der Waals surface area contributed by atoms with Crippen LogP contribution in [0, 0.1) is 0 Å². The molecule has 5 N–H and O–H groups in total. The molecule has 2 amide bonds. The lowest BCUT2D eigenvalue weighted by atomic mass is 9.98. The Hall–Kier alpha value is -4.45. The van der Waals surface area contributed by atoms with Gasteiger partial charge in [-0.15, -0.1) is 10.2 Å². The Bertz CT molecular complexity index is 1540. The molecule has 5 rings (SSSR count). The second-order valence-corrected chi connectivity index (χ2v) is 11.5. The molecule has 0 fully saturated rings. The number of nitrogens with zero attached hydrogens (tertiary/aromatic N) is 4. The zero-order chi connectivity index (χ0) is 30.4. The van der Waals surface area contributed by atoms with Crippen molar-refractivity contribution in [3.05, 3.63) is 83.9 Å². The van der Waals surface area contributed by atoms with Crippen molar-refractivity contribution in [2.75, 3.05) is 18.1 Å². The van der Waals surface area contributed by atoms with E-state index in [1.165, 1.54) is 0 Å². The number of hydrogen-bond donors (Lipinski definition) is 5. The first-order valence-corrected chi connectivity index (χ1v) is 14.4. The second kappa shape index (κ2) is 13.2. The monoisotopic (exact) mass is 583 g/mol. The summed E-state index contributed by atoms with van der Waals surface area (Å²) < 4.78 is 0. The molecular weight excluding hydrogens is 546 g/mol. The van der Waals surface area contributed by atoms with Crippen LogP contribution in [-0.2, 0) is 22.6 Å². The lowest BCUT2D eigenvalue weighted by molar-refractivity contribution is -0.128. The number of β-amino-alcohol motifs (C(OH)–C–C–N with tert-alkyl or cyclic N) is 1. The average Bonchev–Trinajstić information content (AvgIpc) is 3.52. The fourth-order valence-electron chi connectivity index (χ4n) is 5.36. The molecule has 11 nitrogen and oxygen atoms in total. The first-order chi connectivity index (χ1) is 20.7. The third kappa shape index (κ3) is 7.31. The number of nitrogens with one attached hydrogen (secondary N) is 3. The maximum Gasteiger partial charge on any atom is 0.249 e. The Labute approximate surface area is 250 Å². The summed E-state index contributed by atoms with van der Waals surface area (Å²) >= 11 is 0. The average molecular weight is 584 g/mol. The predicted octanol–water partition coefficient (Wildman–Crippen LogP) is 2.61. The van der Waals surface area contributed by atoms with Gasteiger partial charge in [-0.25, -0.2) is 0 Å². The summed E-state index contributed by atoms with van der Waals surface area (Å²) in [5.41, 5.74) is 5.03. The van der Waals surface area contributed by atoms with Gasteiger partial charge in [0.1, 0.15) is 6.04 Å². The number of aliphatic hydroxyl groups is 2. The minimum Gasteiger partial charge on any atom is -0.394 e. The standard InChI is InChI=1S/C32H37N7O4/c1-32(2,33-18-24(41)20-40)17-29(42)34-27-16-15-23-7-3-6-10-28(23)39(31(27)43)19-21-11-13-22(14-12-21)25-8-4-5-9-26(25)30-35-37-38-36-30/h3-14,24,27,33,40-41H,15-20H2,1-2H3,(H,34,42)(H,35,36,37,38)/t24-,27+/m0/s1. The lowest BCUT2D eigenvalue weighted by Crippen LogP contribution is -2.51. The predicted molar refractivity (Wildman–Crippen MR) is 163 cm³/mol. The van der Waals surface area contributed by atoms with E-state index in [1.807, 2.05) is 86.6 Å². The van der Waals surface area contributed by atoms with E-state index < -0.39 is 17.7 Å². The largest absolute Gasteiger partial charge is 0.394 e. The molecule has 43 heavy (non-hydrogen) atoms. The first kappa shape index (κ1) is 30.0. The number of aliphatic hydroxyl groups excluding tert-OH is 2. The summed E-state index contributed by atoms with van der Waals surface area (Å²) in [5.74, 6) is 0.0950. The fourth-order valence-corrected chi connectivity index (χ4v) is 5.36. The topological polar surface area (TPSA) is 156 Å². The van der Waals surface area contributed by atoms with Gasteiger partial charge < -0.3 is 25.7 Å². The number of tetrazole rings is 1. The van der Waals surface area contributed by atoms with Crippen molar-refractivity contribution in [3.8, 4) is 22.5 Å². The smallest absolute Gasteiger partial charge is 0.249 e. The molecule has 1 aromatic heterocycles. The maximum absolute atomic E-state index is 13.9. The van der Waals surface area contributed by atoms with E-state index >= 15 is 0 Å². The Morgan fingerprint density at radius 2 is 1.79 bits per heavy atom. The van der Waals surface area contributed by atoms with Crippen LogP contribution in [0.15, 0.2) is 72.8 Å². The van der Waals surface area contributed by atoms with Gasteiger partial charge in [0.05, 0.1) is 19.3 Å². The molecule has 2 atom stereocenters. The third-order valence-electron chi connectivity index (χ3n) is 7.63. The minimum absolute atomic E-state index is 0.106. The zero-order valence-electron chi connectivity index (χ0n) is 24.3. The Morgan fingerprint density at radius 3 is 2.51 bits per heavy atom. The number of aromatic nitrogens is 4. The van der Waals surface area contributed by atoms with Gasteiger partial charge in [-0.2, -0.15) is 5.21 Å². The number of aromatic amines is 1. The van der Waals surface area contributed by atoms with Gasteiger partial charge >= 0.3 is 0 Å². The Kier molecular flexibility index (Phi) is 9.24. The number of carbonyl (C=O) groups is 2. The van der Waals surface area contributed by atoms with Crippen LogP contribution in [0.4, 0.5) is 5.69 Å². The highest BCUT2D eigenvalue weighted by molar-refractivity contribution is 6.00. The highest BCUT2D eigenvalue weighted by Gasteiger charge is 2.32. The van der Waals surface area contributed by atoms with E-state index in [0.29, 0.717) is 25.2 Å². The lowest BCUT2D eigenvalue weighted by Gasteiger charge is -2.29. The van der Waals surface area contributed by atoms with Gasteiger partial charge in [0.25, 0.3) is 0 Å². The van der Waals surface area contributed by atoms with E-state index in [0.717, 1.165) is 33.5 Å². The Morgan fingerprint density at radius 1 is 1.07 bits per heavy atom. The van der Waals surface area contributed by atoms with Crippen LogP contribution in [-0.4, -0.2) is 73.5 Å². The van der Waals surface area contributed by atoms with Gasteiger partial charge in [0.2, 0.25) is 17.6 Å². The van der Waals surface area contributed by atoms with Crippen LogP contribution in [0.25, 0.3) is 22.5 Å². The van der Waals surface area contributed by atoms with Crippen LogP contribution < -0.4 is 15.5 Å². The molecule has 0 bridgehead atoms. The number of para-hydroxylation sites is 1. The first-order valence-electron chi connectivity index (χ1n) is 14.4. The van der Waals surface area contributed by atoms with Crippen molar-refractivity contribution >= 4 is 17.5 Å². The number of anilines is 1. The summed E-state index contributed by atoms with van der Waals surface area (Å²) in [5, 5.41) is 39.3. The van der Waals surface area contributed by atoms with Crippen molar-refractivity contribution in [1.29, 1.82) is 0 Å². The SMILES string of the molecule is CC(C)(CC(=O)N[C@@H]1CCc2ccccc2N(Cc2ccc(-c3ccccc3-c3nn[nH]n3)cc2)C1=O)NC[C@H](O)CO. The van der Waals surface area contributed by atoms with E-state index in [4.69, 9.17) is 5.11 Å². The molecule has 224 valence electrons. The fraction of sp³-hybridized carbons (Fsp3) is 0.344. The molecular formula is C32H37N7O4. The summed E-state index contributed by atoms with van der Waals surface area (Å²) in [6, 6.07) is 23.1. The van der Waals surface area contributed by atoms with Gasteiger partial charge in [-0.3, -0.25) is 9.59 Å². The summed E-state index contributed by atoms with van der Waals surface area (Å²) in [7, 11) is 0. The molecule has 1 aliphatic heterocycles. The molecule has 0 saturated carbocycles. The van der Waals surface area contributed by atoms with E-state index in [1.54, 1.807) is 4.90 Å². The van der Waals surface area contributed by atoms with E-state index in [2.05, 4.69) is 31.3 Å². The number of rotatable bonds is 11. The number of carbonyl (C=O) groups excluding carboxylic acids is 2. The van der Waals surface area contributed by atoms with Crippen LogP contribution in [0.2, 0.25) is 0 Å². The molecule has 3 aromatic carbocycles. The second-order valence-electron chi connectivity index (χ2n) is 11.5. The van der Waals surface area contributed by atoms with Crippen molar-refractivity contribution in [2.24, 2.45) is 0 Å². The number of benzene rings is 3. The molecule has 0 unspecified atom stereocenters. The summed E-state index contributed by atoms with van der Waals surface area (Å²) in [4.78, 5) is 28.8. The summed E-state index contributed by atoms with van der Waals surface area (Å²) in [6.07, 6.45) is 0.335. The number of H-pyrrole nitrogens is 1. The molecule has 0 aliphatic carbocycles. The molecule has 1 aliphatic rings. The molecule has 0 spiro atoms. The van der Waals surface area contributed by atoms with Gasteiger partial charge in [0.15, 0.2) is 0 Å². The van der Waals surface area contributed by atoms with Crippen molar-refractivity contribution in [2.45, 2.75) is 57.3 Å². The molecule has 2 heterocycles. The molecule has 11 heteroatoms. The quantitative estimate of drug-likeness (QED) is 0.180. The van der Waals surface area contributed by atoms with Gasteiger partial charge in [0, 0.05) is 29.8 Å². The van der Waals surface area contributed by atoms with Crippen LogP contribution in [0.5, 0.6) is 0 Å². The third-order valence-corrected chi connectivity index (χ3v) is 7.63. The molecule has 0 radical (unpaired) electrons. The zero-order valence-corrected chi connectivity index (χ0v) is 24.3.